The summed E-state index contributed by atoms with van der Waals surface area (Å²) in [5.41, 5.74) is 1.79. The zero-order valence-electron chi connectivity index (χ0n) is 17.4. The van der Waals surface area contributed by atoms with Crippen molar-refractivity contribution in [2.45, 2.75) is 86.4 Å². The molecule has 0 aromatic heterocycles. The molecule has 1 N–H and O–H groups in total. The molecular weight excluding hydrogens is 312 g/mol. The fraction of sp³-hybridized carbons (Fsp3) is 0.773. The van der Waals surface area contributed by atoms with Gasteiger partial charge in [0.2, 0.25) is 0 Å². The first-order chi connectivity index (χ1) is 11.5. The third-order valence-corrected chi connectivity index (χ3v) is 6.22. The zero-order chi connectivity index (χ0) is 19.4. The molecule has 0 amide bonds. The van der Waals surface area contributed by atoms with Crippen LogP contribution < -0.4 is 0 Å². The maximum atomic E-state index is 10.8. The van der Waals surface area contributed by atoms with Gasteiger partial charge in [-0.3, -0.25) is 0 Å². The van der Waals surface area contributed by atoms with Crippen LogP contribution >= 0.6 is 0 Å². The Morgan fingerprint density at radius 2 is 1.84 bits per heavy atom. The van der Waals surface area contributed by atoms with Crippen molar-refractivity contribution in [2.24, 2.45) is 23.7 Å². The van der Waals surface area contributed by atoms with Crippen LogP contribution in [0.1, 0.15) is 74.7 Å². The lowest BCUT2D eigenvalue weighted by Crippen LogP contribution is -2.53. The number of rotatable bonds is 7. The van der Waals surface area contributed by atoms with Crippen molar-refractivity contribution in [1.29, 1.82) is 0 Å². The number of carboxylic acid groups (broad SMARTS) is 1. The molecule has 3 heteroatoms. The van der Waals surface area contributed by atoms with Gasteiger partial charge in [-0.25, -0.2) is 4.79 Å². The molecule has 4 unspecified atom stereocenters. The van der Waals surface area contributed by atoms with Crippen LogP contribution in [0.2, 0.25) is 0 Å². The van der Waals surface area contributed by atoms with Gasteiger partial charge in [0.15, 0.2) is 0 Å². The second-order valence-electron chi connectivity index (χ2n) is 8.69. The Morgan fingerprint density at radius 3 is 2.32 bits per heavy atom. The van der Waals surface area contributed by atoms with E-state index < -0.39 is 5.97 Å². The fourth-order valence-electron chi connectivity index (χ4n) is 4.08. The number of hydrogen-bond donors (Lipinski definition) is 1. The van der Waals surface area contributed by atoms with E-state index in [2.05, 4.69) is 47.6 Å². The molecule has 1 heterocycles. The van der Waals surface area contributed by atoms with Gasteiger partial charge in [0.05, 0.1) is 11.7 Å². The lowest BCUT2D eigenvalue weighted by molar-refractivity contribution is -0.205. The van der Waals surface area contributed by atoms with Crippen LogP contribution in [0.3, 0.4) is 0 Å². The van der Waals surface area contributed by atoms with E-state index in [0.717, 1.165) is 24.0 Å². The smallest absolute Gasteiger partial charge is 0.328 e. The second kappa shape index (κ2) is 9.02. The molecule has 1 rings (SSSR count). The third-order valence-electron chi connectivity index (χ3n) is 6.22. The fourth-order valence-corrected chi connectivity index (χ4v) is 4.08. The van der Waals surface area contributed by atoms with Gasteiger partial charge in [-0.1, -0.05) is 46.3 Å². The number of hydrogen-bond acceptors (Lipinski definition) is 2. The van der Waals surface area contributed by atoms with E-state index >= 15 is 0 Å². The number of aliphatic carboxylic acids is 1. The maximum Gasteiger partial charge on any atom is 0.328 e. The number of carbonyl (C=O) groups is 1. The summed E-state index contributed by atoms with van der Waals surface area (Å²) in [7, 11) is 0. The van der Waals surface area contributed by atoms with Crippen molar-refractivity contribution in [1.82, 2.24) is 0 Å². The summed E-state index contributed by atoms with van der Waals surface area (Å²) in [6.07, 6.45) is 6.83. The molecule has 0 aliphatic carbocycles. The Morgan fingerprint density at radius 1 is 1.24 bits per heavy atom. The van der Waals surface area contributed by atoms with Gasteiger partial charge in [0.25, 0.3) is 0 Å². The molecule has 1 fully saturated rings. The summed E-state index contributed by atoms with van der Waals surface area (Å²) in [5.74, 6) is 1.39. The van der Waals surface area contributed by atoms with Gasteiger partial charge in [0.1, 0.15) is 0 Å². The molecule has 0 aromatic carbocycles. The highest BCUT2D eigenvalue weighted by molar-refractivity contribution is 5.81. The molecule has 3 nitrogen and oxygen atoms in total. The standard InChI is InChI=1S/C22H38O3/c1-14(2)19-12-18(7)20(25-22(19,8)15(3)4)11-9-10-16(5)17(6)13-21(23)24/h10,13-15,18-20H,9,11-12H2,1-8H3,(H,23,24)/b16-10+,17-13+. The van der Waals surface area contributed by atoms with Crippen molar-refractivity contribution in [2.75, 3.05) is 0 Å². The zero-order valence-corrected chi connectivity index (χ0v) is 17.4. The number of allylic oxidation sites excluding steroid dienone is 3. The average molecular weight is 351 g/mol. The van der Waals surface area contributed by atoms with Gasteiger partial charge in [-0.15, -0.1) is 0 Å². The number of carboxylic acids is 1. The van der Waals surface area contributed by atoms with Gasteiger partial charge in [0, 0.05) is 6.08 Å². The lowest BCUT2D eigenvalue weighted by atomic mass is 9.67. The SMILES string of the molecule is CC(=C\CCC1OC(C)(C(C)C)C(C(C)C)CC1C)/C(C)=C/C(=O)O. The van der Waals surface area contributed by atoms with E-state index in [4.69, 9.17) is 9.84 Å². The topological polar surface area (TPSA) is 46.5 Å². The van der Waals surface area contributed by atoms with Gasteiger partial charge < -0.3 is 9.84 Å². The minimum atomic E-state index is -0.887. The first-order valence-electron chi connectivity index (χ1n) is 9.75. The molecule has 0 radical (unpaired) electrons. The summed E-state index contributed by atoms with van der Waals surface area (Å²) < 4.78 is 6.69. The molecule has 1 aliphatic rings. The van der Waals surface area contributed by atoms with Crippen molar-refractivity contribution in [3.63, 3.8) is 0 Å². The molecule has 25 heavy (non-hydrogen) atoms. The highest BCUT2D eigenvalue weighted by atomic mass is 16.5. The van der Waals surface area contributed by atoms with Crippen LogP contribution in [0.5, 0.6) is 0 Å². The Balaban J connectivity index is 2.78. The first kappa shape index (κ1) is 22.0. The predicted octanol–water partition coefficient (Wildman–Crippen LogP) is 5.86. The van der Waals surface area contributed by atoms with Gasteiger partial charge in [-0.05, 0) is 69.3 Å². The summed E-state index contributed by atoms with van der Waals surface area (Å²) >= 11 is 0. The normalized spacial score (nSPS) is 31.7. The van der Waals surface area contributed by atoms with Gasteiger partial charge in [-0.2, -0.15) is 0 Å². The van der Waals surface area contributed by atoms with Crippen LogP contribution in [0, 0.1) is 23.7 Å². The maximum absolute atomic E-state index is 10.8. The monoisotopic (exact) mass is 350 g/mol. The Labute approximate surface area is 154 Å². The van der Waals surface area contributed by atoms with E-state index in [-0.39, 0.29) is 11.7 Å². The minimum Gasteiger partial charge on any atom is -0.478 e. The van der Waals surface area contributed by atoms with Crippen LogP contribution in [0.25, 0.3) is 0 Å². The van der Waals surface area contributed by atoms with Gasteiger partial charge >= 0.3 is 5.97 Å². The Hall–Kier alpha value is -1.09. The lowest BCUT2D eigenvalue weighted by Gasteiger charge is -2.52. The van der Waals surface area contributed by atoms with E-state index in [1.165, 1.54) is 12.5 Å². The summed E-state index contributed by atoms with van der Waals surface area (Å²) in [5, 5.41) is 8.85. The quantitative estimate of drug-likeness (QED) is 0.462. The molecule has 4 atom stereocenters. The highest BCUT2D eigenvalue weighted by Gasteiger charge is 2.46. The summed E-state index contributed by atoms with van der Waals surface area (Å²) in [4.78, 5) is 10.8. The molecule has 0 spiro atoms. The molecule has 1 aliphatic heterocycles. The van der Waals surface area contributed by atoms with E-state index in [1.54, 1.807) is 0 Å². The highest BCUT2D eigenvalue weighted by Crippen LogP contribution is 2.46. The summed E-state index contributed by atoms with van der Waals surface area (Å²) in [6, 6.07) is 0. The van der Waals surface area contributed by atoms with E-state index in [1.807, 2.05) is 13.8 Å². The second-order valence-corrected chi connectivity index (χ2v) is 8.69. The minimum absolute atomic E-state index is 0.0662. The Kier molecular flexibility index (Phi) is 7.92. The van der Waals surface area contributed by atoms with Crippen LogP contribution in [-0.4, -0.2) is 22.8 Å². The van der Waals surface area contributed by atoms with Crippen molar-refractivity contribution >= 4 is 5.97 Å². The molecule has 144 valence electrons. The molecule has 1 saturated heterocycles. The van der Waals surface area contributed by atoms with Crippen molar-refractivity contribution < 1.29 is 14.6 Å². The van der Waals surface area contributed by atoms with Crippen molar-refractivity contribution in [3.05, 3.63) is 23.3 Å². The van der Waals surface area contributed by atoms with Crippen LogP contribution in [0.4, 0.5) is 0 Å². The predicted molar refractivity (Wildman–Crippen MR) is 105 cm³/mol. The Bertz CT molecular complexity index is 515. The molecule has 0 aromatic rings. The first-order valence-corrected chi connectivity index (χ1v) is 9.75. The van der Waals surface area contributed by atoms with Crippen molar-refractivity contribution in [3.8, 4) is 0 Å². The third kappa shape index (κ3) is 5.70. The molecule has 0 bridgehead atoms. The molecular formula is C22H38O3. The van der Waals surface area contributed by atoms with E-state index in [0.29, 0.717) is 23.7 Å². The molecule has 0 saturated carbocycles. The number of ether oxygens (including phenoxy) is 1. The largest absolute Gasteiger partial charge is 0.478 e. The van der Waals surface area contributed by atoms with E-state index in [9.17, 15) is 4.79 Å². The average Bonchev–Trinajstić information content (AvgIpc) is 2.48. The van der Waals surface area contributed by atoms with Crippen LogP contribution in [-0.2, 0) is 9.53 Å². The van der Waals surface area contributed by atoms with Crippen LogP contribution in [0.15, 0.2) is 23.3 Å². The summed E-state index contributed by atoms with van der Waals surface area (Å²) in [6.45, 7) is 17.6.